The van der Waals surface area contributed by atoms with Crippen LogP contribution in [-0.2, 0) is 16.0 Å². The van der Waals surface area contributed by atoms with Crippen molar-refractivity contribution in [2.75, 3.05) is 31.1 Å². The van der Waals surface area contributed by atoms with Crippen molar-refractivity contribution in [3.05, 3.63) is 29.8 Å². The monoisotopic (exact) mass is 389 g/mol. The van der Waals surface area contributed by atoms with Crippen molar-refractivity contribution in [2.24, 2.45) is 0 Å². The summed E-state index contributed by atoms with van der Waals surface area (Å²) < 4.78 is 5.45. The molecule has 2 heterocycles. The Balaban J connectivity index is 1.63. The lowest BCUT2D eigenvalue weighted by Crippen LogP contribution is -2.54. The van der Waals surface area contributed by atoms with Gasteiger partial charge in [0, 0.05) is 38.3 Å². The summed E-state index contributed by atoms with van der Waals surface area (Å²) in [5.74, 6) is -0.829. The van der Waals surface area contributed by atoms with Crippen molar-refractivity contribution < 1.29 is 24.2 Å². The van der Waals surface area contributed by atoms with Crippen molar-refractivity contribution in [1.82, 2.24) is 9.80 Å². The Hall–Kier alpha value is -2.77. The van der Waals surface area contributed by atoms with Gasteiger partial charge in [-0.25, -0.2) is 9.59 Å². The number of aryl methyl sites for hydroxylation is 1. The van der Waals surface area contributed by atoms with Gasteiger partial charge in [-0.15, -0.1) is 0 Å². The second-order valence-corrected chi connectivity index (χ2v) is 8.23. The molecule has 1 atom stereocenters. The number of piperazine rings is 1. The fourth-order valence-corrected chi connectivity index (χ4v) is 3.51. The summed E-state index contributed by atoms with van der Waals surface area (Å²) in [6.45, 7) is 7.40. The van der Waals surface area contributed by atoms with Gasteiger partial charge >= 0.3 is 18.1 Å². The van der Waals surface area contributed by atoms with Crippen molar-refractivity contribution in [3.63, 3.8) is 0 Å². The standard InChI is InChI=1S/C20H27N3O5/c1-20(2,3)28-19(27)21-10-11-22-16(12-21)13-23(18(22)26)15-7-4-14(5-8-15)6-9-17(24)25/h4-5,7-8,16H,6,9-13H2,1-3H3,(H,24,25)/t16-/m0/s1. The number of benzene rings is 1. The quantitative estimate of drug-likeness (QED) is 0.855. The van der Waals surface area contributed by atoms with Gasteiger partial charge in [-0.05, 0) is 44.9 Å². The van der Waals surface area contributed by atoms with Crippen LogP contribution >= 0.6 is 0 Å². The van der Waals surface area contributed by atoms with Crippen LogP contribution in [0.3, 0.4) is 0 Å². The highest BCUT2D eigenvalue weighted by Crippen LogP contribution is 2.27. The van der Waals surface area contributed by atoms with E-state index in [4.69, 9.17) is 9.84 Å². The van der Waals surface area contributed by atoms with Crippen LogP contribution < -0.4 is 4.90 Å². The van der Waals surface area contributed by atoms with Crippen LogP contribution in [0.15, 0.2) is 24.3 Å². The van der Waals surface area contributed by atoms with E-state index in [9.17, 15) is 14.4 Å². The Bertz CT molecular complexity index is 756. The van der Waals surface area contributed by atoms with Crippen LogP contribution in [0.1, 0.15) is 32.8 Å². The van der Waals surface area contributed by atoms with E-state index in [1.807, 2.05) is 45.0 Å². The number of hydrogen-bond acceptors (Lipinski definition) is 4. The van der Waals surface area contributed by atoms with Crippen molar-refractivity contribution in [2.45, 2.75) is 45.3 Å². The molecule has 8 nitrogen and oxygen atoms in total. The molecule has 1 aromatic rings. The Morgan fingerprint density at radius 3 is 2.43 bits per heavy atom. The highest BCUT2D eigenvalue weighted by Gasteiger charge is 2.42. The molecule has 0 aliphatic carbocycles. The van der Waals surface area contributed by atoms with Gasteiger partial charge in [-0.1, -0.05) is 12.1 Å². The second kappa shape index (κ2) is 7.69. The normalized spacial score (nSPS) is 19.6. The minimum absolute atomic E-state index is 0.0628. The predicted octanol–water partition coefficient (Wildman–Crippen LogP) is 2.57. The van der Waals surface area contributed by atoms with Crippen molar-refractivity contribution >= 4 is 23.8 Å². The van der Waals surface area contributed by atoms with Crippen LogP contribution in [0.25, 0.3) is 0 Å². The van der Waals surface area contributed by atoms with E-state index in [1.165, 1.54) is 0 Å². The fraction of sp³-hybridized carbons (Fsp3) is 0.550. The first-order chi connectivity index (χ1) is 13.1. The van der Waals surface area contributed by atoms with Crippen LogP contribution in [0.5, 0.6) is 0 Å². The Morgan fingerprint density at radius 2 is 1.82 bits per heavy atom. The van der Waals surface area contributed by atoms with E-state index < -0.39 is 11.6 Å². The zero-order chi connectivity index (χ0) is 20.5. The fourth-order valence-electron chi connectivity index (χ4n) is 3.51. The molecule has 28 heavy (non-hydrogen) atoms. The van der Waals surface area contributed by atoms with E-state index >= 15 is 0 Å². The maximum Gasteiger partial charge on any atom is 0.410 e. The first-order valence-corrected chi connectivity index (χ1v) is 9.51. The van der Waals surface area contributed by atoms with Gasteiger partial charge in [0.15, 0.2) is 0 Å². The zero-order valence-electron chi connectivity index (χ0n) is 16.6. The third-order valence-electron chi connectivity index (χ3n) is 4.88. The molecule has 1 aromatic carbocycles. The summed E-state index contributed by atoms with van der Waals surface area (Å²) >= 11 is 0. The number of rotatable bonds is 4. The number of fused-ring (bicyclic) bond motifs is 1. The molecule has 2 aliphatic heterocycles. The number of carboxylic acid groups (broad SMARTS) is 1. The number of amides is 3. The largest absolute Gasteiger partial charge is 0.481 e. The lowest BCUT2D eigenvalue weighted by molar-refractivity contribution is -0.136. The average molecular weight is 389 g/mol. The Morgan fingerprint density at radius 1 is 1.14 bits per heavy atom. The highest BCUT2D eigenvalue weighted by atomic mass is 16.6. The third-order valence-corrected chi connectivity index (χ3v) is 4.88. The molecule has 0 spiro atoms. The van der Waals surface area contributed by atoms with Gasteiger partial charge in [-0.2, -0.15) is 0 Å². The third kappa shape index (κ3) is 4.55. The summed E-state index contributed by atoms with van der Waals surface area (Å²) in [5, 5.41) is 8.78. The van der Waals surface area contributed by atoms with Crippen LogP contribution in [0, 0.1) is 0 Å². The maximum absolute atomic E-state index is 12.8. The first-order valence-electron chi connectivity index (χ1n) is 9.51. The minimum atomic E-state index is -0.829. The summed E-state index contributed by atoms with van der Waals surface area (Å²) in [7, 11) is 0. The number of carbonyl (C=O) groups excluding carboxylic acids is 2. The molecule has 152 valence electrons. The molecule has 0 radical (unpaired) electrons. The maximum atomic E-state index is 12.8. The molecule has 8 heteroatoms. The Labute approximate surface area is 164 Å². The highest BCUT2D eigenvalue weighted by molar-refractivity contribution is 5.95. The lowest BCUT2D eigenvalue weighted by Gasteiger charge is -2.36. The average Bonchev–Trinajstić information content (AvgIpc) is 2.95. The molecular formula is C20H27N3O5. The van der Waals surface area contributed by atoms with Crippen molar-refractivity contribution in [1.29, 1.82) is 0 Å². The van der Waals surface area contributed by atoms with Gasteiger partial charge in [-0.3, -0.25) is 9.69 Å². The predicted molar refractivity (Wildman–Crippen MR) is 103 cm³/mol. The molecule has 2 saturated heterocycles. The van der Waals surface area contributed by atoms with E-state index in [0.29, 0.717) is 32.6 Å². The van der Waals surface area contributed by atoms with Gasteiger partial charge in [0.05, 0.1) is 6.04 Å². The number of urea groups is 1. The number of carbonyl (C=O) groups is 3. The lowest BCUT2D eigenvalue weighted by atomic mass is 10.1. The minimum Gasteiger partial charge on any atom is -0.481 e. The van der Waals surface area contributed by atoms with Crippen LogP contribution in [0.4, 0.5) is 15.3 Å². The van der Waals surface area contributed by atoms with Gasteiger partial charge in [0.1, 0.15) is 5.60 Å². The summed E-state index contributed by atoms with van der Waals surface area (Å²) in [6.07, 6.45) is 0.197. The number of anilines is 1. The second-order valence-electron chi connectivity index (χ2n) is 8.23. The molecule has 0 unspecified atom stereocenters. The topological polar surface area (TPSA) is 90.4 Å². The first kappa shape index (κ1) is 20.0. The van der Waals surface area contributed by atoms with E-state index in [1.54, 1.807) is 14.7 Å². The molecular weight excluding hydrogens is 362 g/mol. The van der Waals surface area contributed by atoms with Gasteiger partial charge in [0.2, 0.25) is 0 Å². The number of nitrogens with zero attached hydrogens (tertiary/aromatic N) is 3. The molecule has 0 aromatic heterocycles. The molecule has 3 amide bonds. The summed E-state index contributed by atoms with van der Waals surface area (Å²) in [5.41, 5.74) is 1.16. The smallest absolute Gasteiger partial charge is 0.410 e. The molecule has 2 aliphatic rings. The number of carboxylic acids is 1. The summed E-state index contributed by atoms with van der Waals surface area (Å²) in [4.78, 5) is 41.0. The molecule has 0 saturated carbocycles. The number of ether oxygens (including phenoxy) is 1. The summed E-state index contributed by atoms with van der Waals surface area (Å²) in [6, 6.07) is 7.27. The zero-order valence-corrected chi connectivity index (χ0v) is 16.6. The molecule has 1 N–H and O–H groups in total. The molecule has 2 fully saturated rings. The van der Waals surface area contributed by atoms with Gasteiger partial charge in [0.25, 0.3) is 0 Å². The number of aliphatic carboxylic acids is 1. The molecule has 3 rings (SSSR count). The SMILES string of the molecule is CC(C)(C)OC(=O)N1CCN2C(=O)N(c3ccc(CCC(=O)O)cc3)C[C@@H]2C1. The van der Waals surface area contributed by atoms with Gasteiger partial charge < -0.3 is 19.6 Å². The van der Waals surface area contributed by atoms with E-state index in [-0.39, 0.29) is 24.6 Å². The molecule has 0 bridgehead atoms. The van der Waals surface area contributed by atoms with E-state index in [0.717, 1.165) is 11.3 Å². The van der Waals surface area contributed by atoms with Crippen LogP contribution in [-0.4, -0.2) is 70.8 Å². The Kier molecular flexibility index (Phi) is 5.49. The van der Waals surface area contributed by atoms with Crippen molar-refractivity contribution in [3.8, 4) is 0 Å². The number of hydrogen-bond donors (Lipinski definition) is 1. The van der Waals surface area contributed by atoms with Crippen LogP contribution in [0.2, 0.25) is 0 Å². The van der Waals surface area contributed by atoms with E-state index in [2.05, 4.69) is 0 Å².